The Hall–Kier alpha value is -0.930. The Labute approximate surface area is 95.0 Å². The van der Waals surface area contributed by atoms with E-state index in [0.717, 1.165) is 37.9 Å². The van der Waals surface area contributed by atoms with E-state index < -0.39 is 0 Å². The van der Waals surface area contributed by atoms with E-state index in [1.54, 1.807) is 12.1 Å². The van der Waals surface area contributed by atoms with Crippen molar-refractivity contribution in [3.63, 3.8) is 0 Å². The molecule has 1 saturated heterocycles. The topological polar surface area (TPSA) is 38.0 Å². The van der Waals surface area contributed by atoms with E-state index >= 15 is 0 Å². The Bertz CT molecular complexity index is 410. The molecule has 0 amide bonds. The van der Waals surface area contributed by atoms with Gasteiger partial charge < -0.3 is 11.1 Å². The lowest BCUT2D eigenvalue weighted by atomic mass is 9.73. The van der Waals surface area contributed by atoms with Gasteiger partial charge in [0, 0.05) is 6.04 Å². The van der Waals surface area contributed by atoms with Gasteiger partial charge in [-0.05, 0) is 61.0 Å². The predicted molar refractivity (Wildman–Crippen MR) is 61.6 cm³/mol. The maximum absolute atomic E-state index is 13.2. The van der Waals surface area contributed by atoms with E-state index in [1.807, 2.05) is 6.07 Å². The molecule has 0 saturated carbocycles. The summed E-state index contributed by atoms with van der Waals surface area (Å²) in [5.41, 5.74) is 8.79. The van der Waals surface area contributed by atoms with Gasteiger partial charge in [0.2, 0.25) is 0 Å². The summed E-state index contributed by atoms with van der Waals surface area (Å²) in [5.74, 6) is -0.166. The van der Waals surface area contributed by atoms with Crippen LogP contribution in [-0.4, -0.2) is 13.1 Å². The first-order valence-corrected chi connectivity index (χ1v) is 5.96. The zero-order valence-corrected chi connectivity index (χ0v) is 9.30. The van der Waals surface area contributed by atoms with Crippen LogP contribution in [0.4, 0.5) is 4.39 Å². The summed E-state index contributed by atoms with van der Waals surface area (Å²) in [4.78, 5) is 0. The smallest absolute Gasteiger partial charge is 0.123 e. The molecule has 0 aromatic heterocycles. The van der Waals surface area contributed by atoms with Crippen LogP contribution < -0.4 is 11.1 Å². The predicted octanol–water partition coefficient (Wildman–Crippen LogP) is 1.75. The number of nitrogens with one attached hydrogen (secondary N) is 1. The molecule has 1 atom stereocenters. The number of fused-ring (bicyclic) bond motifs is 1. The Kier molecular flexibility index (Phi) is 2.26. The van der Waals surface area contributed by atoms with Crippen molar-refractivity contribution in [3.8, 4) is 0 Å². The number of piperidine rings is 1. The second-order valence-electron chi connectivity index (χ2n) is 5.11. The van der Waals surface area contributed by atoms with Crippen LogP contribution in [-0.2, 0) is 6.42 Å². The molecule has 16 heavy (non-hydrogen) atoms. The molecule has 1 aliphatic carbocycles. The van der Waals surface area contributed by atoms with Crippen molar-refractivity contribution in [2.45, 2.75) is 25.3 Å². The number of halogens is 1. The van der Waals surface area contributed by atoms with Gasteiger partial charge in [0.05, 0.1) is 0 Å². The van der Waals surface area contributed by atoms with Gasteiger partial charge in [-0.25, -0.2) is 4.39 Å². The van der Waals surface area contributed by atoms with Crippen LogP contribution >= 0.6 is 0 Å². The Morgan fingerprint density at radius 2 is 2.06 bits per heavy atom. The van der Waals surface area contributed by atoms with Crippen LogP contribution in [0.5, 0.6) is 0 Å². The van der Waals surface area contributed by atoms with E-state index in [9.17, 15) is 4.39 Å². The van der Waals surface area contributed by atoms with Gasteiger partial charge in [0.15, 0.2) is 0 Å². The fourth-order valence-electron chi connectivity index (χ4n) is 3.25. The van der Waals surface area contributed by atoms with Crippen LogP contribution in [0, 0.1) is 11.2 Å². The maximum atomic E-state index is 13.2. The van der Waals surface area contributed by atoms with Crippen molar-refractivity contribution in [2.24, 2.45) is 11.1 Å². The monoisotopic (exact) mass is 220 g/mol. The van der Waals surface area contributed by atoms with E-state index in [0.29, 0.717) is 0 Å². The summed E-state index contributed by atoms with van der Waals surface area (Å²) in [6, 6.07) is 5.09. The fourth-order valence-corrected chi connectivity index (χ4v) is 3.25. The van der Waals surface area contributed by atoms with Crippen molar-refractivity contribution in [1.82, 2.24) is 5.32 Å². The van der Waals surface area contributed by atoms with E-state index in [1.165, 1.54) is 5.56 Å². The molecular weight excluding hydrogens is 203 g/mol. The Morgan fingerprint density at radius 1 is 1.31 bits per heavy atom. The first-order valence-electron chi connectivity index (χ1n) is 5.96. The Morgan fingerprint density at radius 3 is 2.81 bits per heavy atom. The lowest BCUT2D eigenvalue weighted by molar-refractivity contribution is 0.174. The number of rotatable bonds is 0. The van der Waals surface area contributed by atoms with Gasteiger partial charge in [-0.15, -0.1) is 0 Å². The van der Waals surface area contributed by atoms with Crippen molar-refractivity contribution >= 4 is 0 Å². The van der Waals surface area contributed by atoms with Crippen LogP contribution in [0.1, 0.15) is 30.0 Å². The molecule has 0 radical (unpaired) electrons. The van der Waals surface area contributed by atoms with Gasteiger partial charge in [-0.3, -0.25) is 0 Å². The third-order valence-electron chi connectivity index (χ3n) is 4.24. The average molecular weight is 220 g/mol. The van der Waals surface area contributed by atoms with E-state index in [-0.39, 0.29) is 17.3 Å². The third kappa shape index (κ3) is 1.39. The number of hydrogen-bond acceptors (Lipinski definition) is 2. The fraction of sp³-hybridized carbons (Fsp3) is 0.538. The molecule has 1 heterocycles. The quantitative estimate of drug-likeness (QED) is 0.699. The van der Waals surface area contributed by atoms with E-state index in [4.69, 9.17) is 5.73 Å². The standard InChI is InChI=1S/C13H17FN2/c14-10-2-1-9-8-13(3-5-16-6-4-13)12(15)11(9)7-10/h1-2,7,12,16H,3-6,8,15H2. The highest BCUT2D eigenvalue weighted by Crippen LogP contribution is 2.49. The summed E-state index contributed by atoms with van der Waals surface area (Å²) in [6.07, 6.45) is 3.22. The molecule has 1 fully saturated rings. The van der Waals surface area contributed by atoms with Crippen LogP contribution in [0.15, 0.2) is 18.2 Å². The minimum Gasteiger partial charge on any atom is -0.323 e. The highest BCUT2D eigenvalue weighted by atomic mass is 19.1. The summed E-state index contributed by atoms with van der Waals surface area (Å²) in [7, 11) is 0. The minimum atomic E-state index is -0.166. The molecule has 3 rings (SSSR count). The number of benzene rings is 1. The summed E-state index contributed by atoms with van der Waals surface area (Å²) >= 11 is 0. The highest BCUT2D eigenvalue weighted by molar-refractivity contribution is 5.38. The SMILES string of the molecule is NC1c2cc(F)ccc2CC12CCNCC2. The number of hydrogen-bond donors (Lipinski definition) is 2. The zero-order chi connectivity index (χ0) is 11.2. The number of nitrogens with two attached hydrogens (primary N) is 1. The lowest BCUT2D eigenvalue weighted by Gasteiger charge is -2.37. The molecule has 0 bridgehead atoms. The third-order valence-corrected chi connectivity index (χ3v) is 4.24. The van der Waals surface area contributed by atoms with Crippen LogP contribution in [0.2, 0.25) is 0 Å². The highest BCUT2D eigenvalue weighted by Gasteiger charge is 2.44. The molecule has 1 aromatic rings. The summed E-state index contributed by atoms with van der Waals surface area (Å²) in [6.45, 7) is 2.06. The van der Waals surface area contributed by atoms with Crippen molar-refractivity contribution in [2.75, 3.05) is 13.1 Å². The molecule has 3 heteroatoms. The first kappa shape index (κ1) is 10.2. The van der Waals surface area contributed by atoms with Gasteiger partial charge in [0.1, 0.15) is 5.82 Å². The zero-order valence-electron chi connectivity index (χ0n) is 9.30. The lowest BCUT2D eigenvalue weighted by Crippen LogP contribution is -2.42. The molecule has 1 spiro atoms. The molecule has 2 aliphatic rings. The molecular formula is C13H17FN2. The van der Waals surface area contributed by atoms with Crippen molar-refractivity contribution in [1.29, 1.82) is 0 Å². The molecule has 2 nitrogen and oxygen atoms in total. The van der Waals surface area contributed by atoms with Crippen molar-refractivity contribution in [3.05, 3.63) is 35.1 Å². The van der Waals surface area contributed by atoms with Gasteiger partial charge in [-0.1, -0.05) is 6.07 Å². The Balaban J connectivity index is 1.99. The minimum absolute atomic E-state index is 0.0142. The van der Waals surface area contributed by atoms with Crippen LogP contribution in [0.3, 0.4) is 0 Å². The first-order chi connectivity index (χ1) is 7.71. The van der Waals surface area contributed by atoms with Crippen molar-refractivity contribution < 1.29 is 4.39 Å². The summed E-state index contributed by atoms with van der Waals surface area (Å²) < 4.78 is 13.2. The molecule has 1 aliphatic heterocycles. The van der Waals surface area contributed by atoms with Gasteiger partial charge >= 0.3 is 0 Å². The largest absolute Gasteiger partial charge is 0.323 e. The van der Waals surface area contributed by atoms with Crippen LogP contribution in [0.25, 0.3) is 0 Å². The van der Waals surface area contributed by atoms with Gasteiger partial charge in [0.25, 0.3) is 0 Å². The molecule has 1 aromatic carbocycles. The summed E-state index contributed by atoms with van der Waals surface area (Å²) in [5, 5.41) is 3.36. The second kappa shape index (κ2) is 3.54. The molecule has 1 unspecified atom stereocenters. The second-order valence-corrected chi connectivity index (χ2v) is 5.11. The maximum Gasteiger partial charge on any atom is 0.123 e. The normalized spacial score (nSPS) is 27.0. The molecule has 86 valence electrons. The van der Waals surface area contributed by atoms with E-state index in [2.05, 4.69) is 5.32 Å². The van der Waals surface area contributed by atoms with Gasteiger partial charge in [-0.2, -0.15) is 0 Å². The molecule has 3 N–H and O–H groups in total. The average Bonchev–Trinajstić information content (AvgIpc) is 2.55.